The molecule has 0 aromatic heterocycles. The Morgan fingerprint density at radius 3 is 2.76 bits per heavy atom. The molecule has 0 radical (unpaired) electrons. The number of rotatable bonds is 4. The molecule has 1 spiro atoms. The molecule has 2 aliphatic rings. The van der Waals surface area contributed by atoms with Crippen molar-refractivity contribution in [3.63, 3.8) is 0 Å². The van der Waals surface area contributed by atoms with Crippen LogP contribution < -0.4 is 0 Å². The second-order valence-electron chi connectivity index (χ2n) is 6.69. The minimum Gasteiger partial charge on any atom is -0.396 e. The van der Waals surface area contributed by atoms with E-state index in [2.05, 4.69) is 28.1 Å². The zero-order valence-corrected chi connectivity index (χ0v) is 14.1. The zero-order chi connectivity index (χ0) is 14.7. The van der Waals surface area contributed by atoms with Crippen LogP contribution in [0.1, 0.15) is 62.8 Å². The van der Waals surface area contributed by atoms with Gasteiger partial charge in [0.1, 0.15) is 0 Å². The Morgan fingerprint density at radius 2 is 2.05 bits per heavy atom. The number of ether oxygens (including phenoxy) is 1. The molecule has 0 amide bonds. The largest absolute Gasteiger partial charge is 0.396 e. The van der Waals surface area contributed by atoms with Crippen LogP contribution in [0, 0.1) is 0 Å². The third kappa shape index (κ3) is 3.69. The summed E-state index contributed by atoms with van der Waals surface area (Å²) in [6, 6.07) is 8.30. The van der Waals surface area contributed by atoms with Crippen LogP contribution in [0.3, 0.4) is 0 Å². The highest BCUT2D eigenvalue weighted by Crippen LogP contribution is 2.44. The number of hydrogen-bond donors (Lipinski definition) is 1. The maximum Gasteiger partial charge on any atom is 0.0687 e. The molecule has 1 saturated carbocycles. The van der Waals surface area contributed by atoms with Crippen LogP contribution in [0.25, 0.3) is 0 Å². The van der Waals surface area contributed by atoms with Crippen molar-refractivity contribution in [3.8, 4) is 0 Å². The first-order chi connectivity index (χ1) is 10.2. The highest BCUT2D eigenvalue weighted by atomic mass is 79.9. The summed E-state index contributed by atoms with van der Waals surface area (Å²) < 4.78 is 7.53. The highest BCUT2D eigenvalue weighted by molar-refractivity contribution is 9.10. The Kier molecular flexibility index (Phi) is 5.03. The quantitative estimate of drug-likeness (QED) is 0.843. The second-order valence-corrected chi connectivity index (χ2v) is 7.61. The lowest BCUT2D eigenvalue weighted by atomic mass is 9.83. The van der Waals surface area contributed by atoms with Crippen molar-refractivity contribution in [2.24, 2.45) is 0 Å². The lowest BCUT2D eigenvalue weighted by Crippen LogP contribution is -2.32. The number of aliphatic hydroxyl groups is 1. The fourth-order valence-electron chi connectivity index (χ4n) is 4.02. The van der Waals surface area contributed by atoms with Gasteiger partial charge in [-0.15, -0.1) is 0 Å². The average Bonchev–Trinajstić information content (AvgIpc) is 2.88. The third-order valence-corrected chi connectivity index (χ3v) is 5.68. The van der Waals surface area contributed by atoms with Gasteiger partial charge < -0.3 is 9.84 Å². The molecular weight excluding hydrogens is 328 g/mol. The first-order valence-electron chi connectivity index (χ1n) is 8.25. The lowest BCUT2D eigenvalue weighted by Gasteiger charge is -2.33. The zero-order valence-electron chi connectivity index (χ0n) is 12.6. The van der Waals surface area contributed by atoms with E-state index in [1.807, 2.05) is 12.1 Å². The van der Waals surface area contributed by atoms with Crippen LogP contribution in [0.15, 0.2) is 28.7 Å². The Balaban J connectivity index is 1.63. The van der Waals surface area contributed by atoms with Gasteiger partial charge in [0, 0.05) is 10.4 Å². The normalized spacial score (nSPS) is 26.1. The van der Waals surface area contributed by atoms with Gasteiger partial charge in [-0.3, -0.25) is 0 Å². The monoisotopic (exact) mass is 352 g/mol. The summed E-state index contributed by atoms with van der Waals surface area (Å²) >= 11 is 3.52. The summed E-state index contributed by atoms with van der Waals surface area (Å²) in [5.74, 6) is 0.186. The summed E-state index contributed by atoms with van der Waals surface area (Å²) in [6.07, 6.45) is 10.1. The average molecular weight is 353 g/mol. The Morgan fingerprint density at radius 1 is 1.24 bits per heavy atom. The van der Waals surface area contributed by atoms with Gasteiger partial charge >= 0.3 is 0 Å². The third-order valence-electron chi connectivity index (χ3n) is 5.19. The Bertz CT molecular complexity index is 468. The van der Waals surface area contributed by atoms with E-state index in [1.54, 1.807) is 0 Å². The van der Waals surface area contributed by atoms with E-state index in [0.717, 1.165) is 17.3 Å². The van der Waals surface area contributed by atoms with Gasteiger partial charge in [0.15, 0.2) is 0 Å². The van der Waals surface area contributed by atoms with Gasteiger partial charge in [-0.1, -0.05) is 47.3 Å². The van der Waals surface area contributed by atoms with Crippen LogP contribution in [-0.4, -0.2) is 23.4 Å². The molecule has 1 aromatic carbocycles. The van der Waals surface area contributed by atoms with Crippen LogP contribution >= 0.6 is 15.9 Å². The van der Waals surface area contributed by atoms with Crippen LogP contribution in [0.2, 0.25) is 0 Å². The summed E-state index contributed by atoms with van der Waals surface area (Å²) in [5.41, 5.74) is 1.39. The van der Waals surface area contributed by atoms with Gasteiger partial charge in [-0.05, 0) is 49.8 Å². The minimum atomic E-state index is 0.181. The molecule has 2 fully saturated rings. The van der Waals surface area contributed by atoms with Crippen molar-refractivity contribution in [1.82, 2.24) is 0 Å². The van der Waals surface area contributed by atoms with Crippen molar-refractivity contribution in [3.05, 3.63) is 34.3 Å². The predicted molar refractivity (Wildman–Crippen MR) is 88.5 cm³/mol. The van der Waals surface area contributed by atoms with Gasteiger partial charge in [-0.2, -0.15) is 0 Å². The maximum absolute atomic E-state index is 9.76. The van der Waals surface area contributed by atoms with Crippen LogP contribution in [0.4, 0.5) is 0 Å². The van der Waals surface area contributed by atoms with Crippen LogP contribution in [0.5, 0.6) is 0 Å². The molecule has 0 bridgehead atoms. The summed E-state index contributed by atoms with van der Waals surface area (Å²) in [7, 11) is 0. The highest BCUT2D eigenvalue weighted by Gasteiger charge is 2.41. The number of benzene rings is 1. The molecule has 2 unspecified atom stereocenters. The van der Waals surface area contributed by atoms with E-state index in [0.29, 0.717) is 6.10 Å². The molecule has 1 saturated heterocycles. The van der Waals surface area contributed by atoms with E-state index >= 15 is 0 Å². The SMILES string of the molecule is OCC(CC1CCC2(CCCCC2)O1)c1cccc(Br)c1. The topological polar surface area (TPSA) is 29.5 Å². The van der Waals surface area contributed by atoms with Gasteiger partial charge in [-0.25, -0.2) is 0 Å². The van der Waals surface area contributed by atoms with Crippen LogP contribution in [-0.2, 0) is 4.74 Å². The van der Waals surface area contributed by atoms with Crippen molar-refractivity contribution >= 4 is 15.9 Å². The molecule has 2 nitrogen and oxygen atoms in total. The Labute approximate surface area is 136 Å². The molecular formula is C18H25BrO2. The van der Waals surface area contributed by atoms with Crippen molar-refractivity contribution in [2.45, 2.75) is 69.0 Å². The van der Waals surface area contributed by atoms with Crippen molar-refractivity contribution in [1.29, 1.82) is 0 Å². The van der Waals surface area contributed by atoms with E-state index in [1.165, 1.54) is 44.1 Å². The second kappa shape index (κ2) is 6.80. The van der Waals surface area contributed by atoms with Gasteiger partial charge in [0.2, 0.25) is 0 Å². The summed E-state index contributed by atoms with van der Waals surface area (Å²) in [6.45, 7) is 0.198. The van der Waals surface area contributed by atoms with E-state index in [9.17, 15) is 5.11 Å². The molecule has 1 aliphatic heterocycles. The first kappa shape index (κ1) is 15.5. The fourth-order valence-corrected chi connectivity index (χ4v) is 4.44. The predicted octanol–water partition coefficient (Wildman–Crippen LogP) is 4.80. The molecule has 116 valence electrons. The van der Waals surface area contributed by atoms with Gasteiger partial charge in [0.05, 0.1) is 18.3 Å². The summed E-state index contributed by atoms with van der Waals surface area (Å²) in [4.78, 5) is 0. The molecule has 1 aromatic rings. The molecule has 21 heavy (non-hydrogen) atoms. The van der Waals surface area contributed by atoms with E-state index < -0.39 is 0 Å². The molecule has 1 N–H and O–H groups in total. The fraction of sp³-hybridized carbons (Fsp3) is 0.667. The number of hydrogen-bond acceptors (Lipinski definition) is 2. The van der Waals surface area contributed by atoms with E-state index in [-0.39, 0.29) is 18.1 Å². The molecule has 3 rings (SSSR count). The Hall–Kier alpha value is -0.380. The van der Waals surface area contributed by atoms with E-state index in [4.69, 9.17) is 4.74 Å². The van der Waals surface area contributed by atoms with Crippen molar-refractivity contribution in [2.75, 3.05) is 6.61 Å². The molecule has 2 atom stereocenters. The summed E-state index contributed by atoms with van der Waals surface area (Å²) in [5, 5.41) is 9.76. The molecule has 3 heteroatoms. The lowest BCUT2D eigenvalue weighted by molar-refractivity contribution is -0.0685. The maximum atomic E-state index is 9.76. The molecule has 1 heterocycles. The standard InChI is InChI=1S/C18H25BrO2/c19-16-6-4-5-14(11-16)15(13-20)12-17-7-10-18(21-17)8-2-1-3-9-18/h4-6,11,15,17,20H,1-3,7-10,12-13H2. The smallest absolute Gasteiger partial charge is 0.0687 e. The van der Waals surface area contributed by atoms with Crippen molar-refractivity contribution < 1.29 is 9.84 Å². The molecule has 1 aliphatic carbocycles. The first-order valence-corrected chi connectivity index (χ1v) is 9.04. The minimum absolute atomic E-state index is 0.181. The number of aliphatic hydroxyl groups excluding tert-OH is 1. The number of halogens is 1. The van der Waals surface area contributed by atoms with Gasteiger partial charge in [0.25, 0.3) is 0 Å².